The zero-order valence-corrected chi connectivity index (χ0v) is 12.5. The molecule has 1 aromatic rings. The van der Waals surface area contributed by atoms with Gasteiger partial charge in [-0.3, -0.25) is 4.90 Å². The van der Waals surface area contributed by atoms with Gasteiger partial charge in [0.1, 0.15) is 0 Å². The highest BCUT2D eigenvalue weighted by Crippen LogP contribution is 2.32. The molecule has 0 bridgehead atoms. The number of halogens is 1. The molecule has 2 heterocycles. The quantitative estimate of drug-likeness (QED) is 0.847. The molecule has 0 radical (unpaired) electrons. The van der Waals surface area contributed by atoms with Crippen LogP contribution in [0.25, 0.3) is 0 Å². The highest BCUT2D eigenvalue weighted by atomic mass is 79.9. The van der Waals surface area contributed by atoms with Crippen LogP contribution >= 0.6 is 15.9 Å². The number of hydrogen-bond acceptors (Lipinski definition) is 4. The summed E-state index contributed by atoms with van der Waals surface area (Å²) in [6.07, 6.45) is 2.10. The van der Waals surface area contributed by atoms with Gasteiger partial charge in [0.15, 0.2) is 5.79 Å². The van der Waals surface area contributed by atoms with E-state index in [4.69, 9.17) is 15.2 Å². The third kappa shape index (κ3) is 2.79. The van der Waals surface area contributed by atoms with Crippen molar-refractivity contribution in [1.82, 2.24) is 4.90 Å². The Bertz CT molecular complexity index is 441. The lowest BCUT2D eigenvalue weighted by Gasteiger charge is -2.38. The van der Waals surface area contributed by atoms with Crippen LogP contribution in [0.15, 0.2) is 22.7 Å². The van der Waals surface area contributed by atoms with Gasteiger partial charge in [0.05, 0.1) is 19.8 Å². The summed E-state index contributed by atoms with van der Waals surface area (Å²) in [5.74, 6) is -0.367. The molecule has 1 spiro atoms. The Morgan fingerprint density at radius 1 is 1.32 bits per heavy atom. The summed E-state index contributed by atoms with van der Waals surface area (Å²) in [6.45, 7) is 4.15. The first-order valence-electron chi connectivity index (χ1n) is 6.72. The minimum atomic E-state index is -0.367. The van der Waals surface area contributed by atoms with Crippen molar-refractivity contribution < 1.29 is 9.47 Å². The Morgan fingerprint density at radius 3 is 2.84 bits per heavy atom. The van der Waals surface area contributed by atoms with Crippen LogP contribution in [0.4, 0.5) is 5.69 Å². The molecule has 2 N–H and O–H groups in total. The van der Waals surface area contributed by atoms with E-state index >= 15 is 0 Å². The molecular weight excluding hydrogens is 308 g/mol. The van der Waals surface area contributed by atoms with Crippen LogP contribution in [0.3, 0.4) is 0 Å². The van der Waals surface area contributed by atoms with Crippen molar-refractivity contribution in [2.24, 2.45) is 0 Å². The molecule has 0 unspecified atom stereocenters. The minimum Gasteiger partial charge on any atom is -0.398 e. The van der Waals surface area contributed by atoms with Crippen LogP contribution < -0.4 is 5.73 Å². The molecule has 0 saturated carbocycles. The average Bonchev–Trinajstić information content (AvgIpc) is 2.82. The summed E-state index contributed by atoms with van der Waals surface area (Å²) in [6, 6.07) is 5.94. The van der Waals surface area contributed by atoms with E-state index in [1.165, 1.54) is 0 Å². The Kier molecular flexibility index (Phi) is 3.80. The van der Waals surface area contributed by atoms with Crippen LogP contribution in [0.5, 0.6) is 0 Å². The Labute approximate surface area is 122 Å². The molecule has 104 valence electrons. The fourth-order valence-electron chi connectivity index (χ4n) is 2.90. The van der Waals surface area contributed by atoms with Gasteiger partial charge < -0.3 is 15.2 Å². The molecule has 0 atom stereocenters. The van der Waals surface area contributed by atoms with Gasteiger partial charge in [-0.25, -0.2) is 0 Å². The van der Waals surface area contributed by atoms with Crippen molar-refractivity contribution in [3.8, 4) is 0 Å². The molecule has 0 aliphatic carbocycles. The van der Waals surface area contributed by atoms with E-state index in [0.29, 0.717) is 13.2 Å². The molecule has 1 aromatic carbocycles. The molecule has 2 fully saturated rings. The van der Waals surface area contributed by atoms with E-state index in [1.807, 2.05) is 18.2 Å². The maximum Gasteiger partial charge on any atom is 0.181 e. The van der Waals surface area contributed by atoms with E-state index < -0.39 is 0 Å². The van der Waals surface area contributed by atoms with Gasteiger partial charge >= 0.3 is 0 Å². The summed E-state index contributed by atoms with van der Waals surface area (Å²) in [5, 5.41) is 0. The van der Waals surface area contributed by atoms with Gasteiger partial charge in [-0.15, -0.1) is 0 Å². The molecule has 0 amide bonds. The summed E-state index contributed by atoms with van der Waals surface area (Å²) in [5.41, 5.74) is 8.05. The van der Waals surface area contributed by atoms with Crippen LogP contribution in [0.2, 0.25) is 0 Å². The molecule has 4 nitrogen and oxygen atoms in total. The highest BCUT2D eigenvalue weighted by Gasteiger charge is 2.40. The third-order valence-corrected chi connectivity index (χ3v) is 4.59. The lowest BCUT2D eigenvalue weighted by Crippen LogP contribution is -2.48. The predicted octanol–water partition coefficient (Wildman–Crippen LogP) is 2.37. The SMILES string of the molecule is Nc1cccc(Br)c1CN1CCCC2(C1)OCCO2. The fraction of sp³-hybridized carbons (Fsp3) is 0.571. The third-order valence-electron chi connectivity index (χ3n) is 3.85. The Balaban J connectivity index is 1.73. The van der Waals surface area contributed by atoms with Crippen LogP contribution in [-0.2, 0) is 16.0 Å². The number of likely N-dealkylation sites (tertiary alicyclic amines) is 1. The Hall–Kier alpha value is -0.620. The zero-order chi connectivity index (χ0) is 13.3. The number of anilines is 1. The maximum absolute atomic E-state index is 6.06. The van der Waals surface area contributed by atoms with Gasteiger partial charge in [-0.05, 0) is 25.1 Å². The smallest absolute Gasteiger partial charge is 0.181 e. The van der Waals surface area contributed by atoms with Gasteiger partial charge in [-0.1, -0.05) is 22.0 Å². The molecule has 0 aromatic heterocycles. The second-order valence-corrected chi connectivity index (χ2v) is 6.08. The van der Waals surface area contributed by atoms with Crippen LogP contribution in [0.1, 0.15) is 18.4 Å². The second-order valence-electron chi connectivity index (χ2n) is 5.23. The lowest BCUT2D eigenvalue weighted by atomic mass is 10.0. The van der Waals surface area contributed by atoms with E-state index in [2.05, 4.69) is 20.8 Å². The maximum atomic E-state index is 6.06. The van der Waals surface area contributed by atoms with Crippen LogP contribution in [0, 0.1) is 0 Å². The molecule has 2 aliphatic heterocycles. The van der Waals surface area contributed by atoms with Crippen molar-refractivity contribution in [2.75, 3.05) is 32.0 Å². The molecular formula is C14H19BrN2O2. The molecule has 19 heavy (non-hydrogen) atoms. The van der Waals surface area contributed by atoms with Crippen molar-refractivity contribution in [2.45, 2.75) is 25.2 Å². The summed E-state index contributed by atoms with van der Waals surface area (Å²) < 4.78 is 12.7. The van der Waals surface area contributed by atoms with Crippen molar-refractivity contribution in [3.05, 3.63) is 28.2 Å². The monoisotopic (exact) mass is 326 g/mol. The number of ether oxygens (including phenoxy) is 2. The number of piperidine rings is 1. The first kappa shape index (κ1) is 13.4. The minimum absolute atomic E-state index is 0.367. The lowest BCUT2D eigenvalue weighted by molar-refractivity contribution is -0.190. The van der Waals surface area contributed by atoms with Crippen molar-refractivity contribution in [1.29, 1.82) is 0 Å². The summed E-state index contributed by atoms with van der Waals surface area (Å²) >= 11 is 3.58. The van der Waals surface area contributed by atoms with E-state index in [0.717, 1.165) is 48.2 Å². The summed E-state index contributed by atoms with van der Waals surface area (Å²) in [4.78, 5) is 2.37. The number of rotatable bonds is 2. The highest BCUT2D eigenvalue weighted by molar-refractivity contribution is 9.10. The zero-order valence-electron chi connectivity index (χ0n) is 10.9. The largest absolute Gasteiger partial charge is 0.398 e. The van der Waals surface area contributed by atoms with E-state index in [9.17, 15) is 0 Å². The standard InChI is InChI=1S/C14H19BrN2O2/c15-12-3-1-4-13(16)11(12)9-17-6-2-5-14(10-17)18-7-8-19-14/h1,3-4H,2,5-10,16H2. The van der Waals surface area contributed by atoms with E-state index in [1.54, 1.807) is 0 Å². The van der Waals surface area contributed by atoms with Crippen molar-refractivity contribution >= 4 is 21.6 Å². The van der Waals surface area contributed by atoms with Gasteiger partial charge in [-0.2, -0.15) is 0 Å². The van der Waals surface area contributed by atoms with Gasteiger partial charge in [0, 0.05) is 28.7 Å². The number of nitrogens with zero attached hydrogens (tertiary/aromatic N) is 1. The topological polar surface area (TPSA) is 47.7 Å². The number of benzene rings is 1. The van der Waals surface area contributed by atoms with Gasteiger partial charge in [0.25, 0.3) is 0 Å². The predicted molar refractivity (Wildman–Crippen MR) is 77.7 cm³/mol. The van der Waals surface area contributed by atoms with Crippen molar-refractivity contribution in [3.63, 3.8) is 0 Å². The molecule has 2 saturated heterocycles. The average molecular weight is 327 g/mol. The van der Waals surface area contributed by atoms with Crippen LogP contribution in [-0.4, -0.2) is 37.0 Å². The first-order valence-corrected chi connectivity index (χ1v) is 7.51. The fourth-order valence-corrected chi connectivity index (χ4v) is 3.41. The molecule has 2 aliphatic rings. The normalized spacial score (nSPS) is 23.0. The first-order chi connectivity index (χ1) is 9.19. The molecule has 3 rings (SSSR count). The Morgan fingerprint density at radius 2 is 2.11 bits per heavy atom. The van der Waals surface area contributed by atoms with Gasteiger partial charge in [0.2, 0.25) is 0 Å². The second kappa shape index (κ2) is 5.40. The number of nitrogen functional groups attached to an aromatic ring is 1. The molecule has 5 heteroatoms. The number of nitrogens with two attached hydrogens (primary N) is 1. The van der Waals surface area contributed by atoms with E-state index in [-0.39, 0.29) is 5.79 Å². The summed E-state index contributed by atoms with van der Waals surface area (Å²) in [7, 11) is 0. The number of hydrogen-bond donors (Lipinski definition) is 1.